The lowest BCUT2D eigenvalue weighted by atomic mass is 9.76. The molecule has 0 aliphatic rings. The van der Waals surface area contributed by atoms with Gasteiger partial charge in [0.05, 0.1) is 17.0 Å². The normalized spacial score (nSPS) is 14.3. The minimum atomic E-state index is -4.43. The van der Waals surface area contributed by atoms with Gasteiger partial charge in [-0.2, -0.15) is 0 Å². The zero-order chi connectivity index (χ0) is 59.8. The first-order chi connectivity index (χ1) is 36.4. The number of hydrogen-bond donors (Lipinski definition) is 6. The summed E-state index contributed by atoms with van der Waals surface area (Å²) in [5, 5.41) is 11.2. The van der Waals surface area contributed by atoms with Gasteiger partial charge in [-0.25, -0.2) is 22.7 Å². The number of alkyl carbamates (subject to hydrolysis) is 1. The average Bonchev–Trinajstić information content (AvgIpc) is 3.34. The molecule has 19 nitrogen and oxygen atoms in total. The van der Waals surface area contributed by atoms with Crippen LogP contribution in [0.2, 0.25) is 0 Å². The van der Waals surface area contributed by atoms with Crippen molar-refractivity contribution in [3.8, 4) is 0 Å². The van der Waals surface area contributed by atoms with Gasteiger partial charge in [-0.1, -0.05) is 127 Å². The highest BCUT2D eigenvalue weighted by Gasteiger charge is 2.46. The highest BCUT2D eigenvalue weighted by molar-refractivity contribution is 7.90. The van der Waals surface area contributed by atoms with Crippen molar-refractivity contribution >= 4 is 51.7 Å². The molecule has 0 aliphatic heterocycles. The van der Waals surface area contributed by atoms with Crippen LogP contribution < -0.4 is 31.7 Å². The lowest BCUT2D eigenvalue weighted by Crippen LogP contribution is -2.63. The molecule has 3 rings (SSSR count). The van der Waals surface area contributed by atoms with Crippen molar-refractivity contribution in [2.75, 3.05) is 20.6 Å². The third-order valence-corrected chi connectivity index (χ3v) is 14.3. The Morgan fingerprint density at radius 3 is 1.76 bits per heavy atom. The molecule has 0 spiro atoms. The Balaban J connectivity index is 1.77. The molecule has 7 amide bonds. The van der Waals surface area contributed by atoms with Gasteiger partial charge in [-0.05, 0) is 114 Å². The molecule has 20 heteroatoms. The maximum Gasteiger partial charge on any atom is 0.410 e. The van der Waals surface area contributed by atoms with Gasteiger partial charge in [0.25, 0.3) is 15.9 Å². The van der Waals surface area contributed by atoms with Gasteiger partial charge in [0.2, 0.25) is 23.6 Å². The lowest BCUT2D eigenvalue weighted by molar-refractivity contribution is -0.141. The number of benzene rings is 3. The number of ether oxygens (including phenoxy) is 2. The van der Waals surface area contributed by atoms with E-state index in [0.717, 1.165) is 11.1 Å². The molecule has 7 N–H and O–H groups in total. The second-order valence-corrected chi connectivity index (χ2v) is 25.7. The van der Waals surface area contributed by atoms with Gasteiger partial charge < -0.3 is 41.4 Å². The van der Waals surface area contributed by atoms with Gasteiger partial charge in [0.15, 0.2) is 0 Å². The molecule has 436 valence electrons. The average molecular weight is 1120 g/mol. The van der Waals surface area contributed by atoms with Crippen LogP contribution in [-0.2, 0) is 61.9 Å². The van der Waals surface area contributed by atoms with Gasteiger partial charge in [0, 0.05) is 38.2 Å². The number of nitrogens with two attached hydrogens (primary N) is 1. The van der Waals surface area contributed by atoms with Crippen molar-refractivity contribution < 1.29 is 51.5 Å². The summed E-state index contributed by atoms with van der Waals surface area (Å²) >= 11 is 0. The first-order valence-electron chi connectivity index (χ1n) is 26.7. The lowest BCUT2D eigenvalue weighted by Gasteiger charge is -2.42. The summed E-state index contributed by atoms with van der Waals surface area (Å²) in [6.45, 7) is 24.9. The number of rotatable bonds is 24. The standard InChI is InChI=1S/C59H88N8O11S/c1-38(2)46(66(15)53(72)47(56(4,5)6)64-52(71)48(67(16)55(74)78-58(10,11)12)59(13,14)42-27-21-18-22-28-42)35-39(3)49(68)65-79(75,76)43-32-30-41(31-33-43)37-62-51(70)45(29-23-24-34-61-54(73)77-57(7,8)9)63-50(69)44(60)36-40-25-19-17-20-26-40/h17-22,25-28,30-33,35,38,44-48H,23-24,29,34,36-37,60H2,1-16H3,(H,61,73)(H,62,70)(H,63,69)(H,64,71)(H,65,68). The molecule has 0 heterocycles. The van der Waals surface area contributed by atoms with Crippen LogP contribution in [0.3, 0.4) is 0 Å². The van der Waals surface area contributed by atoms with E-state index in [1.165, 1.54) is 54.1 Å². The Bertz CT molecular complexity index is 2690. The smallest absolute Gasteiger partial charge is 0.410 e. The van der Waals surface area contributed by atoms with E-state index in [-0.39, 0.29) is 42.3 Å². The summed E-state index contributed by atoms with van der Waals surface area (Å²) in [4.78, 5) is 98.0. The van der Waals surface area contributed by atoms with Crippen LogP contribution >= 0.6 is 0 Å². The van der Waals surface area contributed by atoms with E-state index in [1.54, 1.807) is 69.4 Å². The third-order valence-electron chi connectivity index (χ3n) is 13.0. The van der Waals surface area contributed by atoms with E-state index in [4.69, 9.17) is 15.2 Å². The van der Waals surface area contributed by atoms with Crippen molar-refractivity contribution in [1.82, 2.24) is 35.8 Å². The molecular weight excluding hydrogens is 1030 g/mol. The fourth-order valence-electron chi connectivity index (χ4n) is 8.60. The highest BCUT2D eigenvalue weighted by Crippen LogP contribution is 2.33. The number of unbranched alkanes of at least 4 members (excludes halogenated alkanes) is 1. The summed E-state index contributed by atoms with van der Waals surface area (Å²) in [6.07, 6.45) is 1.62. The van der Waals surface area contributed by atoms with Crippen molar-refractivity contribution in [3.63, 3.8) is 0 Å². The largest absolute Gasteiger partial charge is 0.444 e. The molecule has 5 atom stereocenters. The summed E-state index contributed by atoms with van der Waals surface area (Å²) in [7, 11) is -1.39. The van der Waals surface area contributed by atoms with E-state index in [1.807, 2.05) is 88.4 Å². The number of sulfonamides is 1. The van der Waals surface area contributed by atoms with Crippen LogP contribution in [0.25, 0.3) is 0 Å². The SMILES string of the molecule is CC(=CC(C(C)C)N(C)C(=O)C(NC(=O)C(N(C)C(=O)OC(C)(C)C)C(C)(C)c1ccccc1)C(C)(C)C)C(=O)NS(=O)(=O)c1ccc(CNC(=O)C(CCCCNC(=O)OC(C)(C)C)NC(=O)C(N)Cc2ccccc2)cc1. The second-order valence-electron chi connectivity index (χ2n) is 24.0. The van der Waals surface area contributed by atoms with Crippen LogP contribution in [0.1, 0.15) is 133 Å². The first-order valence-corrected chi connectivity index (χ1v) is 28.2. The van der Waals surface area contributed by atoms with E-state index >= 15 is 0 Å². The number of hydrogen-bond acceptors (Lipinski definition) is 12. The first kappa shape index (κ1) is 66.5. The molecular formula is C59H88N8O11S. The van der Waals surface area contributed by atoms with Gasteiger partial charge in [-0.15, -0.1) is 0 Å². The molecule has 0 saturated carbocycles. The minimum Gasteiger partial charge on any atom is -0.444 e. The summed E-state index contributed by atoms with van der Waals surface area (Å²) in [5.74, 6) is -3.33. The highest BCUT2D eigenvalue weighted by atomic mass is 32.2. The molecule has 0 aromatic heterocycles. The van der Waals surface area contributed by atoms with Crippen LogP contribution in [0.4, 0.5) is 9.59 Å². The Kier molecular flexibility index (Phi) is 23.9. The monoisotopic (exact) mass is 1120 g/mol. The van der Waals surface area contributed by atoms with Crippen molar-refractivity contribution in [2.24, 2.45) is 17.1 Å². The fourth-order valence-corrected chi connectivity index (χ4v) is 9.62. The van der Waals surface area contributed by atoms with Crippen LogP contribution in [0.5, 0.6) is 0 Å². The Labute approximate surface area is 469 Å². The molecule has 3 aromatic rings. The molecule has 0 saturated heterocycles. The predicted octanol–water partition coefficient (Wildman–Crippen LogP) is 7.03. The number of likely N-dealkylation sites (N-methyl/N-ethyl adjacent to an activating group) is 2. The van der Waals surface area contributed by atoms with Gasteiger partial charge in [-0.3, -0.25) is 28.9 Å². The topological polar surface area (TPSA) is 265 Å². The van der Waals surface area contributed by atoms with Crippen molar-refractivity contribution in [2.45, 2.75) is 181 Å². The maximum absolute atomic E-state index is 14.7. The van der Waals surface area contributed by atoms with Crippen LogP contribution in [0, 0.1) is 11.3 Å². The number of carbonyl (C=O) groups is 7. The zero-order valence-corrected chi connectivity index (χ0v) is 50.1. The van der Waals surface area contributed by atoms with Gasteiger partial charge in [0.1, 0.15) is 29.3 Å². The second kappa shape index (κ2) is 28.4. The molecule has 0 radical (unpaired) electrons. The maximum atomic E-state index is 14.7. The molecule has 79 heavy (non-hydrogen) atoms. The minimum absolute atomic E-state index is 0.00299. The van der Waals surface area contributed by atoms with E-state index in [0.29, 0.717) is 18.4 Å². The van der Waals surface area contributed by atoms with E-state index in [2.05, 4.69) is 26.0 Å². The Morgan fingerprint density at radius 1 is 0.671 bits per heavy atom. The Hall–Kier alpha value is -6.80. The number of nitrogens with zero attached hydrogens (tertiary/aromatic N) is 2. The summed E-state index contributed by atoms with van der Waals surface area (Å²) in [6, 6.07) is 19.1. The fraction of sp³-hybridized carbons (Fsp3) is 0.542. The van der Waals surface area contributed by atoms with E-state index < -0.39 is 104 Å². The number of nitrogens with one attached hydrogen (secondary N) is 5. The zero-order valence-electron chi connectivity index (χ0n) is 49.2. The van der Waals surface area contributed by atoms with Crippen LogP contribution in [-0.4, -0.2) is 122 Å². The quantitative estimate of drug-likeness (QED) is 0.0390. The molecule has 0 bridgehead atoms. The van der Waals surface area contributed by atoms with E-state index in [9.17, 15) is 42.0 Å². The Morgan fingerprint density at radius 2 is 1.23 bits per heavy atom. The molecule has 0 aliphatic carbocycles. The van der Waals surface area contributed by atoms with Crippen molar-refractivity contribution in [1.29, 1.82) is 0 Å². The van der Waals surface area contributed by atoms with Crippen molar-refractivity contribution in [3.05, 3.63) is 113 Å². The van der Waals surface area contributed by atoms with Crippen LogP contribution in [0.15, 0.2) is 101 Å². The summed E-state index contributed by atoms with van der Waals surface area (Å²) < 4.78 is 40.3. The molecule has 5 unspecified atom stereocenters. The number of carbonyl (C=O) groups excluding carboxylic acids is 7. The summed E-state index contributed by atoms with van der Waals surface area (Å²) in [5.41, 5.74) is 5.04. The number of amides is 7. The molecule has 0 fully saturated rings. The molecule has 3 aromatic carbocycles. The third kappa shape index (κ3) is 21.1. The van der Waals surface area contributed by atoms with Gasteiger partial charge >= 0.3 is 12.2 Å². The predicted molar refractivity (Wildman–Crippen MR) is 306 cm³/mol.